The van der Waals surface area contributed by atoms with E-state index >= 15 is 0 Å². The molecular formula is C35H46N2O4. The van der Waals surface area contributed by atoms with Crippen molar-refractivity contribution in [3.63, 3.8) is 0 Å². The molecule has 0 unspecified atom stereocenters. The Bertz CT molecular complexity index is 1340. The van der Waals surface area contributed by atoms with Crippen molar-refractivity contribution in [3.05, 3.63) is 65.5 Å². The number of nitrogens with zero attached hydrogens (tertiary/aromatic N) is 2. The van der Waals surface area contributed by atoms with Gasteiger partial charge in [-0.3, -0.25) is 4.98 Å². The molecule has 3 aromatic rings. The van der Waals surface area contributed by atoms with Crippen molar-refractivity contribution >= 4 is 11.7 Å². The van der Waals surface area contributed by atoms with Crippen molar-refractivity contribution in [2.75, 3.05) is 24.6 Å². The van der Waals surface area contributed by atoms with Crippen LogP contribution in [0.3, 0.4) is 0 Å². The van der Waals surface area contributed by atoms with Gasteiger partial charge in [-0.05, 0) is 88.1 Å². The molecule has 4 rings (SSSR count). The van der Waals surface area contributed by atoms with Crippen LogP contribution in [0.5, 0.6) is 5.75 Å². The summed E-state index contributed by atoms with van der Waals surface area (Å²) in [6.07, 6.45) is 1.91. The van der Waals surface area contributed by atoms with Gasteiger partial charge >= 0.3 is 5.97 Å². The molecule has 0 radical (unpaired) electrons. The van der Waals surface area contributed by atoms with Gasteiger partial charge in [-0.25, -0.2) is 4.79 Å². The van der Waals surface area contributed by atoms with Crippen molar-refractivity contribution in [1.82, 2.24) is 4.98 Å². The number of hydrogen-bond donors (Lipinski definition) is 1. The first kappa shape index (κ1) is 30.6. The number of ether oxygens (including phenoxy) is 2. The van der Waals surface area contributed by atoms with Gasteiger partial charge in [0.05, 0.1) is 17.9 Å². The number of carboxylic acid groups (broad SMARTS) is 1. The topological polar surface area (TPSA) is 71.9 Å². The number of benzene rings is 2. The minimum absolute atomic E-state index is 0.251. The fourth-order valence-electron chi connectivity index (χ4n) is 5.55. The molecule has 1 aliphatic heterocycles. The monoisotopic (exact) mass is 558 g/mol. The summed E-state index contributed by atoms with van der Waals surface area (Å²) in [6.45, 7) is 18.7. The second-order valence-electron chi connectivity index (χ2n) is 13.0. The van der Waals surface area contributed by atoms with E-state index < -0.39 is 17.7 Å². The van der Waals surface area contributed by atoms with Crippen LogP contribution in [-0.4, -0.2) is 41.4 Å². The molecule has 6 nitrogen and oxygen atoms in total. The number of anilines is 1. The molecule has 41 heavy (non-hydrogen) atoms. The number of rotatable bonds is 9. The Morgan fingerprint density at radius 2 is 1.49 bits per heavy atom. The van der Waals surface area contributed by atoms with E-state index in [0.717, 1.165) is 71.7 Å². The van der Waals surface area contributed by atoms with Gasteiger partial charge in [-0.1, -0.05) is 57.2 Å². The highest BCUT2D eigenvalue weighted by Crippen LogP contribution is 2.45. The predicted octanol–water partition coefficient (Wildman–Crippen LogP) is 8.39. The van der Waals surface area contributed by atoms with E-state index in [4.69, 9.17) is 14.5 Å². The molecule has 2 heterocycles. The molecule has 0 saturated carbocycles. The lowest BCUT2D eigenvalue weighted by atomic mass is 9.81. The Labute approximate surface area is 245 Å². The van der Waals surface area contributed by atoms with Crippen molar-refractivity contribution in [1.29, 1.82) is 0 Å². The zero-order valence-electron chi connectivity index (χ0n) is 26.0. The van der Waals surface area contributed by atoms with Crippen LogP contribution < -0.4 is 9.64 Å². The molecule has 0 aliphatic carbocycles. The van der Waals surface area contributed by atoms with E-state index in [1.807, 2.05) is 46.8 Å². The zero-order valence-corrected chi connectivity index (χ0v) is 26.0. The number of carbonyl (C=O) groups is 1. The van der Waals surface area contributed by atoms with Gasteiger partial charge in [0.2, 0.25) is 0 Å². The number of pyridine rings is 1. The molecule has 0 spiro atoms. The normalized spacial score (nSPS) is 16.0. The lowest BCUT2D eigenvalue weighted by molar-refractivity contribution is -0.160. The van der Waals surface area contributed by atoms with Crippen molar-refractivity contribution in [2.24, 2.45) is 5.41 Å². The molecule has 1 aliphatic rings. The van der Waals surface area contributed by atoms with Crippen LogP contribution in [0, 0.1) is 19.3 Å². The summed E-state index contributed by atoms with van der Waals surface area (Å²) in [5, 5.41) is 10.4. The van der Waals surface area contributed by atoms with Gasteiger partial charge < -0.3 is 19.5 Å². The average Bonchev–Trinajstić information content (AvgIpc) is 2.90. The lowest BCUT2D eigenvalue weighted by Crippen LogP contribution is -2.39. The SMILES string of the molecule is CCCOc1ccc(-c2ccc(-c3c(C)nc(C)c([C@H](OC(C)(C)C)C(=O)O)c3N3CCC(C)(C)CC3)cc2)cc1. The summed E-state index contributed by atoms with van der Waals surface area (Å²) >= 11 is 0. The Kier molecular flexibility index (Phi) is 9.13. The van der Waals surface area contributed by atoms with E-state index in [1.54, 1.807) is 0 Å². The van der Waals surface area contributed by atoms with Crippen LogP contribution >= 0.6 is 0 Å². The quantitative estimate of drug-likeness (QED) is 0.284. The van der Waals surface area contributed by atoms with E-state index in [0.29, 0.717) is 17.9 Å². The molecule has 1 aromatic heterocycles. The molecular weight excluding hydrogens is 512 g/mol. The van der Waals surface area contributed by atoms with Crippen molar-refractivity contribution in [2.45, 2.75) is 86.4 Å². The van der Waals surface area contributed by atoms with Crippen LogP contribution in [0.2, 0.25) is 0 Å². The molecule has 1 N–H and O–H groups in total. The first-order valence-corrected chi connectivity index (χ1v) is 14.8. The third kappa shape index (κ3) is 7.28. The van der Waals surface area contributed by atoms with Crippen LogP contribution in [0.1, 0.15) is 83.9 Å². The fourth-order valence-corrected chi connectivity index (χ4v) is 5.55. The minimum atomic E-state index is -1.13. The number of aliphatic carboxylic acids is 1. The Morgan fingerprint density at radius 1 is 0.951 bits per heavy atom. The van der Waals surface area contributed by atoms with Gasteiger partial charge in [0, 0.05) is 35.6 Å². The molecule has 1 atom stereocenters. The fraction of sp³-hybridized carbons (Fsp3) is 0.486. The van der Waals surface area contributed by atoms with E-state index in [-0.39, 0.29) is 5.41 Å². The Hall–Kier alpha value is -3.38. The minimum Gasteiger partial charge on any atom is -0.494 e. The Balaban J connectivity index is 1.82. The van der Waals surface area contributed by atoms with Crippen LogP contribution in [0.4, 0.5) is 5.69 Å². The maximum Gasteiger partial charge on any atom is 0.337 e. The van der Waals surface area contributed by atoms with Gasteiger partial charge in [0.25, 0.3) is 0 Å². The smallest absolute Gasteiger partial charge is 0.337 e. The third-order valence-corrected chi connectivity index (χ3v) is 7.80. The number of piperidine rings is 1. The first-order valence-electron chi connectivity index (χ1n) is 14.8. The number of carboxylic acids is 1. The molecule has 1 fully saturated rings. The maximum absolute atomic E-state index is 12.7. The lowest BCUT2D eigenvalue weighted by Gasteiger charge is -2.41. The van der Waals surface area contributed by atoms with E-state index in [9.17, 15) is 9.90 Å². The molecule has 220 valence electrons. The largest absolute Gasteiger partial charge is 0.494 e. The summed E-state index contributed by atoms with van der Waals surface area (Å²) in [4.78, 5) is 20.0. The maximum atomic E-state index is 12.7. The van der Waals surface area contributed by atoms with Gasteiger partial charge in [0.15, 0.2) is 6.10 Å². The molecule has 6 heteroatoms. The molecule has 2 aromatic carbocycles. The van der Waals surface area contributed by atoms with Crippen LogP contribution in [0.15, 0.2) is 48.5 Å². The van der Waals surface area contributed by atoms with Gasteiger partial charge in [0.1, 0.15) is 5.75 Å². The highest BCUT2D eigenvalue weighted by atomic mass is 16.5. The first-order chi connectivity index (χ1) is 19.3. The van der Waals surface area contributed by atoms with Crippen LogP contribution in [0.25, 0.3) is 22.3 Å². The zero-order chi connectivity index (χ0) is 29.9. The number of aryl methyl sites for hydroxylation is 2. The van der Waals surface area contributed by atoms with Gasteiger partial charge in [-0.2, -0.15) is 0 Å². The summed E-state index contributed by atoms with van der Waals surface area (Å²) in [5.74, 6) is -0.124. The van der Waals surface area contributed by atoms with Crippen molar-refractivity contribution in [3.8, 4) is 28.0 Å². The summed E-state index contributed by atoms with van der Waals surface area (Å²) in [5.41, 5.74) is 7.00. The summed E-state index contributed by atoms with van der Waals surface area (Å²) in [6, 6.07) is 16.7. The second-order valence-corrected chi connectivity index (χ2v) is 13.0. The van der Waals surface area contributed by atoms with Gasteiger partial charge in [-0.15, -0.1) is 0 Å². The summed E-state index contributed by atoms with van der Waals surface area (Å²) in [7, 11) is 0. The molecule has 0 amide bonds. The van der Waals surface area contributed by atoms with E-state index in [1.165, 1.54) is 0 Å². The highest BCUT2D eigenvalue weighted by Gasteiger charge is 2.36. The average molecular weight is 559 g/mol. The van der Waals surface area contributed by atoms with Crippen LogP contribution in [-0.2, 0) is 9.53 Å². The predicted molar refractivity (Wildman–Crippen MR) is 167 cm³/mol. The Morgan fingerprint density at radius 3 is 2.00 bits per heavy atom. The standard InChI is InChI=1S/C35H46N2O4/c1-9-22-40-28-16-14-26(15-17-28)25-10-12-27(13-11-25)29-23(2)36-24(3)30(32(33(38)39)41-34(4,5)6)31(29)37-20-18-35(7,8)19-21-37/h10-17,32H,9,18-22H2,1-8H3,(H,38,39)/t32-/m0/s1. The van der Waals surface area contributed by atoms with E-state index in [2.05, 4.69) is 62.1 Å². The molecule has 0 bridgehead atoms. The number of aromatic nitrogens is 1. The third-order valence-electron chi connectivity index (χ3n) is 7.80. The second kappa shape index (κ2) is 12.2. The molecule has 1 saturated heterocycles. The summed E-state index contributed by atoms with van der Waals surface area (Å²) < 4.78 is 11.9. The van der Waals surface area contributed by atoms with Crippen molar-refractivity contribution < 1.29 is 19.4 Å². The number of hydrogen-bond acceptors (Lipinski definition) is 5. The highest BCUT2D eigenvalue weighted by molar-refractivity contribution is 5.88.